The number of aryl methyl sites for hydroxylation is 1. The summed E-state index contributed by atoms with van der Waals surface area (Å²) in [5.74, 6) is 0.984. The number of methoxy groups -OCH3 is 1. The third-order valence-electron chi connectivity index (χ3n) is 3.56. The molecule has 0 saturated carbocycles. The molecule has 6 heteroatoms. The van der Waals surface area contributed by atoms with E-state index in [2.05, 4.69) is 28.2 Å². The van der Waals surface area contributed by atoms with Crippen molar-refractivity contribution in [1.82, 2.24) is 10.3 Å². The molecule has 21 heavy (non-hydrogen) atoms. The third kappa shape index (κ3) is 4.64. The molecule has 0 aromatic carbocycles. The average molecular weight is 295 g/mol. The molecule has 0 amide bonds. The van der Waals surface area contributed by atoms with Crippen molar-refractivity contribution in [1.29, 1.82) is 0 Å². The second-order valence-corrected chi connectivity index (χ2v) is 5.28. The van der Waals surface area contributed by atoms with Gasteiger partial charge < -0.3 is 24.8 Å². The van der Waals surface area contributed by atoms with Crippen LogP contribution in [0, 0.1) is 6.92 Å². The first-order chi connectivity index (χ1) is 10.2. The normalized spacial score (nSPS) is 19.0. The molecule has 1 aromatic rings. The molecule has 1 aliphatic rings. The number of hydrogen-bond acceptors (Lipinski definition) is 6. The summed E-state index contributed by atoms with van der Waals surface area (Å²) < 4.78 is 10.5. The second kappa shape index (κ2) is 8.29. The van der Waals surface area contributed by atoms with Crippen LogP contribution in [0.25, 0.3) is 0 Å². The van der Waals surface area contributed by atoms with Crippen molar-refractivity contribution < 1.29 is 14.6 Å². The van der Waals surface area contributed by atoms with Gasteiger partial charge in [0.15, 0.2) is 0 Å². The lowest BCUT2D eigenvalue weighted by Gasteiger charge is -2.33. The number of ether oxygens (including phenoxy) is 2. The summed E-state index contributed by atoms with van der Waals surface area (Å²) in [6.07, 6.45) is 1.79. The molecule has 2 rings (SSSR count). The topological polar surface area (TPSA) is 66.9 Å². The predicted molar refractivity (Wildman–Crippen MR) is 81.6 cm³/mol. The van der Waals surface area contributed by atoms with Crippen LogP contribution in [0.5, 0.6) is 0 Å². The number of aliphatic hydroxyl groups excluding tert-OH is 1. The highest BCUT2D eigenvalue weighted by Crippen LogP contribution is 2.20. The van der Waals surface area contributed by atoms with Crippen LogP contribution < -0.4 is 10.2 Å². The number of hydrogen-bond donors (Lipinski definition) is 2. The van der Waals surface area contributed by atoms with Crippen LogP contribution in [0.4, 0.5) is 5.82 Å². The fraction of sp³-hybridized carbons (Fsp3) is 0.667. The maximum absolute atomic E-state index is 9.22. The van der Waals surface area contributed by atoms with Crippen LogP contribution in [0.15, 0.2) is 12.3 Å². The van der Waals surface area contributed by atoms with Crippen LogP contribution in [0.1, 0.15) is 11.1 Å². The number of rotatable bonds is 7. The number of morpholine rings is 1. The Labute approximate surface area is 126 Å². The molecule has 6 nitrogen and oxygen atoms in total. The summed E-state index contributed by atoms with van der Waals surface area (Å²) in [6.45, 7) is 6.60. The van der Waals surface area contributed by atoms with Gasteiger partial charge in [-0.1, -0.05) is 0 Å². The molecule has 2 N–H and O–H groups in total. The maximum atomic E-state index is 9.22. The lowest BCUT2D eigenvalue weighted by molar-refractivity contribution is 0.00333. The van der Waals surface area contributed by atoms with Gasteiger partial charge in [-0.15, -0.1) is 0 Å². The molecule has 1 unspecified atom stereocenters. The van der Waals surface area contributed by atoms with Crippen molar-refractivity contribution in [2.45, 2.75) is 19.6 Å². The van der Waals surface area contributed by atoms with Gasteiger partial charge in [0, 0.05) is 39.5 Å². The van der Waals surface area contributed by atoms with Crippen LogP contribution in [-0.4, -0.2) is 62.8 Å². The molecule has 1 saturated heterocycles. The monoisotopic (exact) mass is 295 g/mol. The molecule has 2 heterocycles. The van der Waals surface area contributed by atoms with Gasteiger partial charge in [0.25, 0.3) is 0 Å². The first kappa shape index (κ1) is 16.2. The number of nitrogens with one attached hydrogen (secondary N) is 1. The minimum atomic E-state index is -0.115. The summed E-state index contributed by atoms with van der Waals surface area (Å²) in [5, 5.41) is 12.5. The summed E-state index contributed by atoms with van der Waals surface area (Å²) >= 11 is 0. The predicted octanol–water partition coefficient (Wildman–Crippen LogP) is 0.324. The quantitative estimate of drug-likeness (QED) is 0.706. The zero-order valence-corrected chi connectivity index (χ0v) is 12.8. The molecule has 0 bridgehead atoms. The molecule has 118 valence electrons. The standard InChI is InChI=1S/C15H25N3O3/c1-12-7-13(8-16-3-5-20-2)9-17-15(12)18-4-6-21-14(10-18)11-19/h7,9,14,16,19H,3-6,8,10-11H2,1-2H3. The Kier molecular flexibility index (Phi) is 6.38. The molecule has 1 aromatic heterocycles. The Morgan fingerprint density at radius 3 is 3.14 bits per heavy atom. The largest absolute Gasteiger partial charge is 0.394 e. The van der Waals surface area contributed by atoms with E-state index in [4.69, 9.17) is 9.47 Å². The first-order valence-electron chi connectivity index (χ1n) is 7.37. The minimum Gasteiger partial charge on any atom is -0.394 e. The van der Waals surface area contributed by atoms with E-state index in [-0.39, 0.29) is 12.7 Å². The van der Waals surface area contributed by atoms with E-state index < -0.39 is 0 Å². The molecular weight excluding hydrogens is 270 g/mol. The van der Waals surface area contributed by atoms with Crippen LogP contribution in [0.2, 0.25) is 0 Å². The van der Waals surface area contributed by atoms with Crippen molar-refractivity contribution in [3.63, 3.8) is 0 Å². The van der Waals surface area contributed by atoms with Gasteiger partial charge >= 0.3 is 0 Å². The molecule has 1 fully saturated rings. The summed E-state index contributed by atoms with van der Waals surface area (Å²) in [7, 11) is 1.70. The van der Waals surface area contributed by atoms with Crippen LogP contribution in [-0.2, 0) is 16.0 Å². The number of nitrogens with zero attached hydrogens (tertiary/aromatic N) is 2. The molecule has 0 spiro atoms. The molecule has 0 aliphatic carbocycles. The highest BCUT2D eigenvalue weighted by Gasteiger charge is 2.21. The van der Waals surface area contributed by atoms with Crippen LogP contribution in [0.3, 0.4) is 0 Å². The molecule has 1 aliphatic heterocycles. The molecule has 1 atom stereocenters. The zero-order valence-electron chi connectivity index (χ0n) is 12.8. The Hall–Kier alpha value is -1.21. The summed E-state index contributed by atoms with van der Waals surface area (Å²) in [4.78, 5) is 6.77. The number of aromatic nitrogens is 1. The smallest absolute Gasteiger partial charge is 0.131 e. The van der Waals surface area contributed by atoms with Gasteiger partial charge in [-0.05, 0) is 24.1 Å². The van der Waals surface area contributed by atoms with Gasteiger partial charge in [0.2, 0.25) is 0 Å². The van der Waals surface area contributed by atoms with Gasteiger partial charge in [-0.3, -0.25) is 0 Å². The minimum absolute atomic E-state index is 0.0526. The van der Waals surface area contributed by atoms with Gasteiger partial charge in [-0.2, -0.15) is 0 Å². The average Bonchev–Trinajstić information content (AvgIpc) is 2.52. The van der Waals surface area contributed by atoms with Crippen LogP contribution >= 0.6 is 0 Å². The SMILES string of the molecule is COCCNCc1cnc(N2CCOC(CO)C2)c(C)c1. The van der Waals surface area contributed by atoms with E-state index in [1.165, 1.54) is 5.56 Å². The summed E-state index contributed by atoms with van der Waals surface area (Å²) in [6, 6.07) is 2.16. The zero-order chi connectivity index (χ0) is 15.1. The first-order valence-corrected chi connectivity index (χ1v) is 7.37. The maximum Gasteiger partial charge on any atom is 0.131 e. The van der Waals surface area contributed by atoms with E-state index in [0.717, 1.165) is 31.0 Å². The fourth-order valence-corrected chi connectivity index (χ4v) is 2.48. The number of aliphatic hydroxyl groups is 1. The van der Waals surface area contributed by atoms with Crippen molar-refractivity contribution >= 4 is 5.82 Å². The number of pyridine rings is 1. The third-order valence-corrected chi connectivity index (χ3v) is 3.56. The Bertz CT molecular complexity index is 442. The van der Waals surface area contributed by atoms with E-state index in [0.29, 0.717) is 19.8 Å². The van der Waals surface area contributed by atoms with Gasteiger partial charge in [0.1, 0.15) is 5.82 Å². The van der Waals surface area contributed by atoms with Gasteiger partial charge in [-0.25, -0.2) is 4.98 Å². The number of anilines is 1. The Morgan fingerprint density at radius 1 is 1.57 bits per heavy atom. The summed E-state index contributed by atoms with van der Waals surface area (Å²) in [5.41, 5.74) is 2.32. The van der Waals surface area contributed by atoms with E-state index in [9.17, 15) is 5.11 Å². The molecular formula is C15H25N3O3. The Balaban J connectivity index is 1.95. The lowest BCUT2D eigenvalue weighted by Crippen LogP contribution is -2.44. The lowest BCUT2D eigenvalue weighted by atomic mass is 10.1. The van der Waals surface area contributed by atoms with Gasteiger partial charge in [0.05, 0.1) is 25.9 Å². The van der Waals surface area contributed by atoms with Crippen molar-refractivity contribution in [3.05, 3.63) is 23.4 Å². The second-order valence-electron chi connectivity index (χ2n) is 5.28. The Morgan fingerprint density at radius 2 is 2.43 bits per heavy atom. The van der Waals surface area contributed by atoms with E-state index in [1.54, 1.807) is 7.11 Å². The van der Waals surface area contributed by atoms with E-state index >= 15 is 0 Å². The van der Waals surface area contributed by atoms with Crippen molar-refractivity contribution in [2.75, 3.05) is 51.5 Å². The van der Waals surface area contributed by atoms with Crippen molar-refractivity contribution in [3.8, 4) is 0 Å². The fourth-order valence-electron chi connectivity index (χ4n) is 2.48. The van der Waals surface area contributed by atoms with E-state index in [1.807, 2.05) is 6.20 Å². The highest BCUT2D eigenvalue weighted by molar-refractivity contribution is 5.47. The molecule has 0 radical (unpaired) electrons. The highest BCUT2D eigenvalue weighted by atomic mass is 16.5. The van der Waals surface area contributed by atoms with Crippen molar-refractivity contribution in [2.24, 2.45) is 0 Å².